The zero-order valence-corrected chi connectivity index (χ0v) is 15.0. The van der Waals surface area contributed by atoms with Crippen LogP contribution in [0.4, 0.5) is 5.69 Å². The van der Waals surface area contributed by atoms with Crippen LogP contribution >= 0.6 is 22.9 Å². The van der Waals surface area contributed by atoms with Gasteiger partial charge in [0.05, 0.1) is 5.69 Å². The molecule has 0 bridgehead atoms. The number of sulfonamides is 1. The molecule has 0 unspecified atom stereocenters. The van der Waals surface area contributed by atoms with Gasteiger partial charge in [0.2, 0.25) is 0 Å². The predicted molar refractivity (Wildman–Crippen MR) is 92.3 cm³/mol. The molecule has 0 atom stereocenters. The standard InChI is InChI=1S/C15H16ClNO4S2/c1-3-9-5-6-11(16)10(4-2)13(9)17-23(20,21)12-7-8-22-14(12)15(18)19/h5-8,17H,3-4H2,1-2H3,(H,18,19). The second-order valence-corrected chi connectivity index (χ2v) is 7.77. The van der Waals surface area contributed by atoms with Crippen molar-refractivity contribution in [1.82, 2.24) is 0 Å². The molecule has 23 heavy (non-hydrogen) atoms. The first kappa shape index (κ1) is 17.8. The van der Waals surface area contributed by atoms with Crippen LogP contribution < -0.4 is 4.72 Å². The predicted octanol–water partition coefficient (Wildman–Crippen LogP) is 4.03. The van der Waals surface area contributed by atoms with Gasteiger partial charge >= 0.3 is 5.97 Å². The van der Waals surface area contributed by atoms with E-state index in [2.05, 4.69) is 4.72 Å². The Morgan fingerprint density at radius 3 is 2.52 bits per heavy atom. The normalized spacial score (nSPS) is 11.4. The first-order valence-electron chi connectivity index (χ1n) is 6.95. The maximum absolute atomic E-state index is 12.6. The molecule has 2 aromatic rings. The van der Waals surface area contributed by atoms with E-state index in [9.17, 15) is 13.2 Å². The number of aromatic carboxylic acids is 1. The number of rotatable bonds is 6. The number of hydrogen-bond donors (Lipinski definition) is 2. The number of nitrogens with one attached hydrogen (secondary N) is 1. The Morgan fingerprint density at radius 2 is 1.96 bits per heavy atom. The molecule has 0 spiro atoms. The van der Waals surface area contributed by atoms with Gasteiger partial charge in [-0.2, -0.15) is 0 Å². The number of hydrogen-bond acceptors (Lipinski definition) is 4. The molecule has 0 aliphatic carbocycles. The molecule has 0 aliphatic heterocycles. The van der Waals surface area contributed by atoms with E-state index in [1.165, 1.54) is 11.4 Å². The van der Waals surface area contributed by atoms with Gasteiger partial charge in [0, 0.05) is 5.02 Å². The van der Waals surface area contributed by atoms with Crippen molar-refractivity contribution in [2.75, 3.05) is 4.72 Å². The first-order valence-corrected chi connectivity index (χ1v) is 9.69. The zero-order valence-electron chi connectivity index (χ0n) is 12.6. The minimum absolute atomic E-state index is 0.212. The summed E-state index contributed by atoms with van der Waals surface area (Å²) >= 11 is 7.04. The number of carboxylic acid groups (broad SMARTS) is 1. The smallest absolute Gasteiger partial charge is 0.347 e. The number of carboxylic acids is 1. The average Bonchev–Trinajstić information content (AvgIpc) is 2.98. The lowest BCUT2D eigenvalue weighted by Gasteiger charge is -2.17. The molecule has 1 heterocycles. The molecule has 0 aliphatic rings. The lowest BCUT2D eigenvalue weighted by molar-refractivity contribution is 0.0698. The molecule has 8 heteroatoms. The molecular formula is C15H16ClNO4S2. The maximum Gasteiger partial charge on any atom is 0.347 e. The van der Waals surface area contributed by atoms with E-state index < -0.39 is 16.0 Å². The Hall–Kier alpha value is -1.57. The monoisotopic (exact) mass is 373 g/mol. The summed E-state index contributed by atoms with van der Waals surface area (Å²) in [6.45, 7) is 3.79. The highest BCUT2D eigenvalue weighted by Crippen LogP contribution is 2.32. The molecule has 0 saturated heterocycles. The van der Waals surface area contributed by atoms with Crippen molar-refractivity contribution in [3.63, 3.8) is 0 Å². The third-order valence-electron chi connectivity index (χ3n) is 3.43. The summed E-state index contributed by atoms with van der Waals surface area (Å²) in [6.07, 6.45) is 1.18. The number of thiophene rings is 1. The molecule has 0 amide bonds. The summed E-state index contributed by atoms with van der Waals surface area (Å²) in [7, 11) is -4.01. The fraction of sp³-hybridized carbons (Fsp3) is 0.267. The number of carbonyl (C=O) groups is 1. The summed E-state index contributed by atoms with van der Waals surface area (Å²) in [5, 5.41) is 11.0. The van der Waals surface area contributed by atoms with Crippen LogP contribution in [0.5, 0.6) is 0 Å². The fourth-order valence-corrected chi connectivity index (χ4v) is 4.98. The van der Waals surface area contributed by atoms with E-state index in [0.29, 0.717) is 29.1 Å². The van der Waals surface area contributed by atoms with Gasteiger partial charge in [0.25, 0.3) is 10.0 Å². The van der Waals surface area contributed by atoms with Crippen LogP contribution in [0, 0.1) is 0 Å². The minimum atomic E-state index is -4.01. The molecule has 5 nitrogen and oxygen atoms in total. The van der Waals surface area contributed by atoms with Crippen molar-refractivity contribution in [3.8, 4) is 0 Å². The van der Waals surface area contributed by atoms with Crippen molar-refractivity contribution in [3.05, 3.63) is 44.6 Å². The summed E-state index contributed by atoms with van der Waals surface area (Å²) < 4.78 is 27.8. The Kier molecular flexibility index (Phi) is 5.33. The summed E-state index contributed by atoms with van der Waals surface area (Å²) in [5.41, 5.74) is 1.94. The van der Waals surface area contributed by atoms with Gasteiger partial charge in [0.1, 0.15) is 9.77 Å². The van der Waals surface area contributed by atoms with Crippen molar-refractivity contribution in [2.24, 2.45) is 0 Å². The molecule has 2 N–H and O–H groups in total. The van der Waals surface area contributed by atoms with E-state index in [4.69, 9.17) is 16.7 Å². The van der Waals surface area contributed by atoms with Crippen LogP contribution in [0.25, 0.3) is 0 Å². The number of anilines is 1. The number of aryl methyl sites for hydroxylation is 1. The quantitative estimate of drug-likeness (QED) is 0.800. The van der Waals surface area contributed by atoms with Crippen LogP contribution in [0.2, 0.25) is 5.02 Å². The lowest BCUT2D eigenvalue weighted by Crippen LogP contribution is -2.17. The van der Waals surface area contributed by atoms with Gasteiger partial charge in [-0.05, 0) is 41.5 Å². The molecule has 124 valence electrons. The molecule has 0 saturated carbocycles. The first-order chi connectivity index (χ1) is 10.8. The van der Waals surface area contributed by atoms with Gasteiger partial charge in [-0.15, -0.1) is 11.3 Å². The number of halogens is 1. The lowest BCUT2D eigenvalue weighted by atomic mass is 10.0. The second-order valence-electron chi connectivity index (χ2n) is 4.79. The van der Waals surface area contributed by atoms with E-state index in [1.54, 1.807) is 12.1 Å². The maximum atomic E-state index is 12.6. The van der Waals surface area contributed by atoms with Crippen molar-refractivity contribution < 1.29 is 18.3 Å². The molecule has 0 fully saturated rings. The summed E-state index contributed by atoms with van der Waals surface area (Å²) in [4.78, 5) is 10.7. The van der Waals surface area contributed by atoms with E-state index in [0.717, 1.165) is 16.9 Å². The zero-order chi connectivity index (χ0) is 17.2. The number of benzene rings is 1. The third kappa shape index (κ3) is 3.52. The molecule has 0 radical (unpaired) electrons. The van der Waals surface area contributed by atoms with Gasteiger partial charge in [-0.1, -0.05) is 31.5 Å². The van der Waals surface area contributed by atoms with Gasteiger partial charge in [-0.3, -0.25) is 4.72 Å². The van der Waals surface area contributed by atoms with Gasteiger partial charge < -0.3 is 5.11 Å². The van der Waals surface area contributed by atoms with E-state index in [-0.39, 0.29) is 9.77 Å². The topological polar surface area (TPSA) is 83.5 Å². The highest BCUT2D eigenvalue weighted by molar-refractivity contribution is 7.93. The third-order valence-corrected chi connectivity index (χ3v) is 6.20. The second kappa shape index (κ2) is 6.90. The van der Waals surface area contributed by atoms with E-state index >= 15 is 0 Å². The van der Waals surface area contributed by atoms with Crippen molar-refractivity contribution >= 4 is 44.6 Å². The van der Waals surface area contributed by atoms with Gasteiger partial charge in [0.15, 0.2) is 0 Å². The van der Waals surface area contributed by atoms with Crippen LogP contribution in [-0.2, 0) is 22.9 Å². The Labute approximate surface area is 144 Å². The molecule has 1 aromatic heterocycles. The largest absolute Gasteiger partial charge is 0.477 e. The Morgan fingerprint density at radius 1 is 1.26 bits per heavy atom. The summed E-state index contributed by atoms with van der Waals surface area (Å²) in [5.74, 6) is -1.27. The highest BCUT2D eigenvalue weighted by Gasteiger charge is 2.25. The minimum Gasteiger partial charge on any atom is -0.477 e. The van der Waals surface area contributed by atoms with Crippen molar-refractivity contribution in [1.29, 1.82) is 0 Å². The highest BCUT2D eigenvalue weighted by atomic mass is 35.5. The molecular weight excluding hydrogens is 358 g/mol. The van der Waals surface area contributed by atoms with E-state index in [1.807, 2.05) is 13.8 Å². The summed E-state index contributed by atoms with van der Waals surface area (Å²) in [6, 6.07) is 4.80. The van der Waals surface area contributed by atoms with Gasteiger partial charge in [-0.25, -0.2) is 13.2 Å². The molecule has 1 aromatic carbocycles. The average molecular weight is 374 g/mol. The Balaban J connectivity index is 2.55. The van der Waals surface area contributed by atoms with Crippen LogP contribution in [-0.4, -0.2) is 19.5 Å². The fourth-order valence-electron chi connectivity index (χ4n) is 2.29. The van der Waals surface area contributed by atoms with Crippen LogP contribution in [0.1, 0.15) is 34.6 Å². The van der Waals surface area contributed by atoms with Crippen molar-refractivity contribution in [2.45, 2.75) is 31.6 Å². The molecule has 2 rings (SSSR count). The van der Waals surface area contributed by atoms with Crippen LogP contribution in [0.15, 0.2) is 28.5 Å². The SMILES string of the molecule is CCc1ccc(Cl)c(CC)c1NS(=O)(=O)c1ccsc1C(=O)O. The Bertz CT molecular complexity index is 843. The van der Waals surface area contributed by atoms with Crippen LogP contribution in [0.3, 0.4) is 0 Å².